The molecule has 0 amide bonds. The van der Waals surface area contributed by atoms with E-state index in [2.05, 4.69) is 15.1 Å². The highest BCUT2D eigenvalue weighted by Crippen LogP contribution is 2.33. The van der Waals surface area contributed by atoms with Crippen LogP contribution in [0.25, 0.3) is 22.8 Å². The number of pyridine rings is 1. The summed E-state index contributed by atoms with van der Waals surface area (Å²) in [6.45, 7) is 4.94. The Morgan fingerprint density at radius 2 is 1.79 bits per heavy atom. The number of benzene rings is 1. The van der Waals surface area contributed by atoms with Gasteiger partial charge in [0, 0.05) is 17.3 Å². The molecule has 0 saturated carbocycles. The summed E-state index contributed by atoms with van der Waals surface area (Å²) in [6.07, 6.45) is 1.60. The molecule has 3 aromatic rings. The highest BCUT2D eigenvalue weighted by molar-refractivity contribution is 5.64. The third-order valence-corrected chi connectivity index (χ3v) is 3.26. The Kier molecular flexibility index (Phi) is 4.60. The van der Waals surface area contributed by atoms with E-state index in [0.717, 1.165) is 11.1 Å². The van der Waals surface area contributed by atoms with E-state index < -0.39 is 0 Å². The third kappa shape index (κ3) is 3.29. The molecule has 0 spiro atoms. The fourth-order valence-corrected chi connectivity index (χ4v) is 2.23. The number of aromatic nitrogens is 3. The maximum absolute atomic E-state index is 5.68. The van der Waals surface area contributed by atoms with Gasteiger partial charge in [0.15, 0.2) is 11.5 Å². The van der Waals surface area contributed by atoms with E-state index in [-0.39, 0.29) is 0 Å². The minimum absolute atomic E-state index is 0.393. The number of nitrogens with two attached hydrogens (primary N) is 1. The van der Waals surface area contributed by atoms with Gasteiger partial charge in [-0.3, -0.25) is 0 Å². The minimum atomic E-state index is 0.393. The van der Waals surface area contributed by atoms with Crippen LogP contribution in [0.4, 0.5) is 5.82 Å². The molecule has 0 fully saturated rings. The summed E-state index contributed by atoms with van der Waals surface area (Å²) in [5.74, 6) is 2.57. The Bertz CT molecular complexity index is 832. The molecule has 2 heterocycles. The van der Waals surface area contributed by atoms with Crippen LogP contribution in [-0.4, -0.2) is 28.3 Å². The minimum Gasteiger partial charge on any atom is -0.490 e. The molecular formula is C17H18N4O3. The topological polar surface area (TPSA) is 96.3 Å². The summed E-state index contributed by atoms with van der Waals surface area (Å²) in [5.41, 5.74) is 7.18. The lowest BCUT2D eigenvalue weighted by atomic mass is 10.2. The van der Waals surface area contributed by atoms with Gasteiger partial charge in [0.2, 0.25) is 5.82 Å². The molecule has 2 aromatic heterocycles. The van der Waals surface area contributed by atoms with Crippen molar-refractivity contribution in [3.05, 3.63) is 36.5 Å². The van der Waals surface area contributed by atoms with Crippen LogP contribution in [0.15, 0.2) is 41.1 Å². The highest BCUT2D eigenvalue weighted by atomic mass is 16.5. The van der Waals surface area contributed by atoms with E-state index >= 15 is 0 Å². The first-order chi connectivity index (χ1) is 11.7. The molecule has 0 aliphatic rings. The summed E-state index contributed by atoms with van der Waals surface area (Å²) in [6, 6.07) is 8.98. The van der Waals surface area contributed by atoms with Gasteiger partial charge in [-0.05, 0) is 44.2 Å². The molecular weight excluding hydrogens is 308 g/mol. The van der Waals surface area contributed by atoms with Crippen molar-refractivity contribution in [2.75, 3.05) is 18.9 Å². The number of hydrogen-bond acceptors (Lipinski definition) is 7. The Morgan fingerprint density at radius 1 is 1.00 bits per heavy atom. The van der Waals surface area contributed by atoms with Crippen molar-refractivity contribution in [3.8, 4) is 34.3 Å². The Morgan fingerprint density at radius 3 is 2.54 bits per heavy atom. The van der Waals surface area contributed by atoms with Crippen molar-refractivity contribution >= 4 is 5.82 Å². The summed E-state index contributed by atoms with van der Waals surface area (Å²) in [4.78, 5) is 8.36. The zero-order valence-electron chi connectivity index (χ0n) is 13.5. The molecule has 0 atom stereocenters. The lowest BCUT2D eigenvalue weighted by Gasteiger charge is -2.11. The Labute approximate surface area is 139 Å². The molecule has 0 bridgehead atoms. The molecule has 0 aliphatic carbocycles. The van der Waals surface area contributed by atoms with E-state index in [1.807, 2.05) is 32.0 Å². The Hall–Kier alpha value is -3.09. The van der Waals surface area contributed by atoms with Crippen molar-refractivity contribution < 1.29 is 14.0 Å². The molecule has 0 unspecified atom stereocenters. The molecule has 124 valence electrons. The van der Waals surface area contributed by atoms with Crippen molar-refractivity contribution in [1.29, 1.82) is 0 Å². The third-order valence-electron chi connectivity index (χ3n) is 3.26. The second-order valence-electron chi connectivity index (χ2n) is 4.92. The maximum Gasteiger partial charge on any atom is 0.258 e. The number of rotatable bonds is 6. The van der Waals surface area contributed by atoms with Crippen molar-refractivity contribution in [2.24, 2.45) is 0 Å². The normalized spacial score (nSPS) is 10.6. The van der Waals surface area contributed by atoms with E-state index in [4.69, 9.17) is 19.7 Å². The van der Waals surface area contributed by atoms with Gasteiger partial charge in [-0.2, -0.15) is 4.98 Å². The van der Waals surface area contributed by atoms with Crippen molar-refractivity contribution in [3.63, 3.8) is 0 Å². The fraction of sp³-hybridized carbons (Fsp3) is 0.235. The van der Waals surface area contributed by atoms with E-state index in [0.29, 0.717) is 42.2 Å². The zero-order chi connectivity index (χ0) is 16.9. The van der Waals surface area contributed by atoms with Gasteiger partial charge in [0.1, 0.15) is 5.82 Å². The van der Waals surface area contributed by atoms with Crippen LogP contribution >= 0.6 is 0 Å². The first-order valence-corrected chi connectivity index (χ1v) is 7.67. The van der Waals surface area contributed by atoms with E-state index in [9.17, 15) is 0 Å². The summed E-state index contributed by atoms with van der Waals surface area (Å²) in [7, 11) is 0. The average molecular weight is 326 g/mol. The van der Waals surface area contributed by atoms with Crippen LogP contribution in [0, 0.1) is 0 Å². The number of ether oxygens (including phenoxy) is 2. The summed E-state index contributed by atoms with van der Waals surface area (Å²) in [5, 5.41) is 4.00. The molecule has 0 aliphatic heterocycles. The van der Waals surface area contributed by atoms with E-state index in [1.54, 1.807) is 18.3 Å². The zero-order valence-corrected chi connectivity index (χ0v) is 13.5. The van der Waals surface area contributed by atoms with Crippen molar-refractivity contribution in [2.45, 2.75) is 13.8 Å². The monoisotopic (exact) mass is 326 g/mol. The second kappa shape index (κ2) is 6.99. The predicted molar refractivity (Wildman–Crippen MR) is 89.7 cm³/mol. The smallest absolute Gasteiger partial charge is 0.258 e. The largest absolute Gasteiger partial charge is 0.490 e. The Balaban J connectivity index is 1.93. The van der Waals surface area contributed by atoms with Crippen LogP contribution in [0.2, 0.25) is 0 Å². The van der Waals surface area contributed by atoms with Gasteiger partial charge in [0.05, 0.1) is 13.2 Å². The van der Waals surface area contributed by atoms with Crippen LogP contribution in [0.3, 0.4) is 0 Å². The number of nitrogen functional groups attached to an aromatic ring is 1. The molecule has 7 nitrogen and oxygen atoms in total. The molecule has 24 heavy (non-hydrogen) atoms. The first kappa shape index (κ1) is 15.8. The lowest BCUT2D eigenvalue weighted by Crippen LogP contribution is -1.98. The van der Waals surface area contributed by atoms with Gasteiger partial charge in [-0.1, -0.05) is 5.16 Å². The summed E-state index contributed by atoms with van der Waals surface area (Å²) < 4.78 is 16.5. The van der Waals surface area contributed by atoms with Gasteiger partial charge in [-0.25, -0.2) is 4.98 Å². The highest BCUT2D eigenvalue weighted by Gasteiger charge is 2.14. The molecule has 0 radical (unpaired) electrons. The standard InChI is InChI=1S/C17H18N4O3/c1-3-22-13-6-5-12(9-14(13)23-4-2)17-20-16(21-24-17)11-7-8-19-15(18)10-11/h5-10H,3-4H2,1-2H3,(H2,18,19). The van der Waals surface area contributed by atoms with Gasteiger partial charge in [0.25, 0.3) is 5.89 Å². The first-order valence-electron chi connectivity index (χ1n) is 7.67. The SMILES string of the molecule is CCOc1ccc(-c2nc(-c3ccnc(N)c3)no2)cc1OCC. The molecule has 1 aromatic carbocycles. The van der Waals surface area contributed by atoms with Crippen LogP contribution < -0.4 is 15.2 Å². The van der Waals surface area contributed by atoms with E-state index in [1.165, 1.54) is 0 Å². The fourth-order valence-electron chi connectivity index (χ4n) is 2.23. The molecule has 2 N–H and O–H groups in total. The van der Waals surface area contributed by atoms with Gasteiger partial charge >= 0.3 is 0 Å². The average Bonchev–Trinajstić information content (AvgIpc) is 3.07. The molecule has 7 heteroatoms. The number of anilines is 1. The number of nitrogens with zero attached hydrogens (tertiary/aromatic N) is 3. The predicted octanol–water partition coefficient (Wildman–Crippen LogP) is 3.18. The lowest BCUT2D eigenvalue weighted by molar-refractivity contribution is 0.288. The van der Waals surface area contributed by atoms with Crippen molar-refractivity contribution in [1.82, 2.24) is 15.1 Å². The van der Waals surface area contributed by atoms with Gasteiger partial charge in [-0.15, -0.1) is 0 Å². The maximum atomic E-state index is 5.68. The quantitative estimate of drug-likeness (QED) is 0.743. The van der Waals surface area contributed by atoms with Crippen LogP contribution in [0.1, 0.15) is 13.8 Å². The summed E-state index contributed by atoms with van der Waals surface area (Å²) >= 11 is 0. The molecule has 0 saturated heterocycles. The molecule has 3 rings (SSSR count). The second-order valence-corrected chi connectivity index (χ2v) is 4.92. The van der Waals surface area contributed by atoms with Crippen LogP contribution in [0.5, 0.6) is 11.5 Å². The van der Waals surface area contributed by atoms with Gasteiger partial charge < -0.3 is 19.7 Å². The number of hydrogen-bond donors (Lipinski definition) is 1. The van der Waals surface area contributed by atoms with Crippen LogP contribution in [-0.2, 0) is 0 Å².